The van der Waals surface area contributed by atoms with Crippen LogP contribution in [0.3, 0.4) is 0 Å². The number of hydrogen-bond donors (Lipinski definition) is 0. The number of nitrogens with zero attached hydrogens (tertiary/aromatic N) is 2. The highest BCUT2D eigenvalue weighted by molar-refractivity contribution is 5.85. The zero-order valence-corrected chi connectivity index (χ0v) is 9.86. The molecule has 1 aromatic carbocycles. The highest BCUT2D eigenvalue weighted by atomic mass is 19.1. The maximum Gasteiger partial charge on any atom is 0.152 e. The molecular weight excluding hydrogens is 223 g/mol. The quantitative estimate of drug-likeness (QED) is 0.743. The van der Waals surface area contributed by atoms with Gasteiger partial charge in [0.25, 0.3) is 0 Å². The van der Waals surface area contributed by atoms with Crippen molar-refractivity contribution in [1.82, 2.24) is 0 Å². The largest absolute Gasteiger partial charge is 0.758 e. The fourth-order valence-corrected chi connectivity index (χ4v) is 1.57. The van der Waals surface area contributed by atoms with Crippen molar-refractivity contribution in [3.63, 3.8) is 0 Å². The van der Waals surface area contributed by atoms with E-state index in [1.165, 1.54) is 12.1 Å². The van der Waals surface area contributed by atoms with E-state index in [1.54, 1.807) is 0 Å². The third kappa shape index (κ3) is 2.39. The van der Waals surface area contributed by atoms with Crippen LogP contribution < -0.4 is 9.80 Å². The van der Waals surface area contributed by atoms with Gasteiger partial charge in [0.1, 0.15) is 18.0 Å². The summed E-state index contributed by atoms with van der Waals surface area (Å²) in [6.45, 7) is 4.31. The van der Waals surface area contributed by atoms with Crippen LogP contribution >= 0.6 is 0 Å². The van der Waals surface area contributed by atoms with Gasteiger partial charge in [-0.15, -0.1) is 0 Å². The van der Waals surface area contributed by atoms with Crippen LogP contribution in [0, 0.1) is 11.0 Å². The molecule has 1 aliphatic rings. The van der Waals surface area contributed by atoms with Gasteiger partial charge in [0.15, 0.2) is 5.82 Å². The molecule has 0 spiro atoms. The normalized spacial score (nSPS) is 15.5. The van der Waals surface area contributed by atoms with Gasteiger partial charge >= 0.3 is 0 Å². The molecule has 0 N–H and O–H groups in total. The number of benzene rings is 1. The van der Waals surface area contributed by atoms with Crippen LogP contribution in [0.5, 0.6) is 5.75 Å². The Kier molecular flexibility index (Phi) is 3.28. The van der Waals surface area contributed by atoms with Crippen molar-refractivity contribution in [3.8, 4) is 5.75 Å². The molecule has 0 saturated carbocycles. The van der Waals surface area contributed by atoms with Crippen LogP contribution in [0.4, 0.5) is 15.8 Å². The molecule has 0 unspecified atom stereocenters. The standard InChI is InChI=1S/C12H14FN2O2/c1-3-8(2)14-10-7-11-12(6-9(10)13)17-5-4-15(11)16/h6-7H,3-5H2,1-2H3/q-1. The summed E-state index contributed by atoms with van der Waals surface area (Å²) < 4.78 is 18.9. The molecule has 0 radical (unpaired) electrons. The van der Waals surface area contributed by atoms with Crippen LogP contribution in [0.25, 0.3) is 0 Å². The van der Waals surface area contributed by atoms with Gasteiger partial charge in [0, 0.05) is 18.3 Å². The van der Waals surface area contributed by atoms with Crippen molar-refractivity contribution in [3.05, 3.63) is 23.2 Å². The zero-order valence-electron chi connectivity index (χ0n) is 9.86. The molecule has 5 heteroatoms. The van der Waals surface area contributed by atoms with E-state index in [1.807, 2.05) is 13.8 Å². The fraction of sp³-hybridized carbons (Fsp3) is 0.417. The molecule has 0 aromatic heterocycles. The predicted octanol–water partition coefficient (Wildman–Crippen LogP) is 3.02. The summed E-state index contributed by atoms with van der Waals surface area (Å²) in [5.74, 6) is -0.177. The molecule has 0 fully saturated rings. The number of aliphatic imine (C=N–C) groups is 1. The lowest BCUT2D eigenvalue weighted by atomic mass is 10.2. The maximum atomic E-state index is 13.7. The molecule has 0 saturated heterocycles. The number of hydroxylamine groups is 1. The second-order valence-corrected chi connectivity index (χ2v) is 3.92. The van der Waals surface area contributed by atoms with Crippen molar-refractivity contribution < 1.29 is 9.13 Å². The summed E-state index contributed by atoms with van der Waals surface area (Å²) >= 11 is 0. The van der Waals surface area contributed by atoms with E-state index in [9.17, 15) is 9.60 Å². The average Bonchev–Trinajstić information content (AvgIpc) is 2.31. The van der Waals surface area contributed by atoms with Gasteiger partial charge in [0.2, 0.25) is 0 Å². The molecular formula is C12H14FN2O2-. The van der Waals surface area contributed by atoms with Gasteiger partial charge in [-0.05, 0) is 19.4 Å². The number of ether oxygens (including phenoxy) is 1. The molecule has 92 valence electrons. The number of anilines is 1. The minimum absolute atomic E-state index is 0.189. The van der Waals surface area contributed by atoms with E-state index in [4.69, 9.17) is 4.74 Å². The average molecular weight is 237 g/mol. The van der Waals surface area contributed by atoms with Crippen molar-refractivity contribution in [2.24, 2.45) is 4.99 Å². The van der Waals surface area contributed by atoms with Crippen LogP contribution in [-0.4, -0.2) is 18.9 Å². The van der Waals surface area contributed by atoms with Crippen LogP contribution in [0.1, 0.15) is 20.3 Å². The number of hydrogen-bond acceptors (Lipinski definition) is 4. The molecule has 0 amide bonds. The first kappa shape index (κ1) is 11.9. The Bertz CT molecular complexity index is 460. The number of fused-ring (bicyclic) bond motifs is 1. The summed E-state index contributed by atoms with van der Waals surface area (Å²) in [5, 5.41) is 12.4. The zero-order chi connectivity index (χ0) is 12.4. The van der Waals surface area contributed by atoms with Crippen molar-refractivity contribution >= 4 is 17.1 Å². The van der Waals surface area contributed by atoms with E-state index in [2.05, 4.69) is 4.99 Å². The van der Waals surface area contributed by atoms with Crippen LogP contribution in [-0.2, 0) is 0 Å². The molecule has 17 heavy (non-hydrogen) atoms. The lowest BCUT2D eigenvalue weighted by molar-refractivity contribution is 0.312. The SMILES string of the molecule is CCC(C)=Nc1cc2c(cc1F)OCCN2[O-]. The Labute approximate surface area is 99.3 Å². The Hall–Kier alpha value is -1.62. The molecule has 0 atom stereocenters. The minimum atomic E-state index is -0.466. The smallest absolute Gasteiger partial charge is 0.152 e. The maximum absolute atomic E-state index is 13.7. The first-order chi connectivity index (χ1) is 8.11. The van der Waals surface area contributed by atoms with Crippen molar-refractivity contribution in [2.45, 2.75) is 20.3 Å². The van der Waals surface area contributed by atoms with Crippen molar-refractivity contribution in [1.29, 1.82) is 0 Å². The highest BCUT2D eigenvalue weighted by Gasteiger charge is 2.15. The van der Waals surface area contributed by atoms with Gasteiger partial charge in [-0.3, -0.25) is 4.99 Å². The van der Waals surface area contributed by atoms with E-state index in [-0.39, 0.29) is 24.6 Å². The molecule has 4 nitrogen and oxygen atoms in total. The molecule has 2 rings (SSSR count). The molecule has 0 aliphatic carbocycles. The van der Waals surface area contributed by atoms with Gasteiger partial charge < -0.3 is 15.0 Å². The number of halogens is 1. The van der Waals surface area contributed by atoms with Gasteiger partial charge in [-0.2, -0.15) is 0 Å². The van der Waals surface area contributed by atoms with E-state index >= 15 is 0 Å². The third-order valence-corrected chi connectivity index (χ3v) is 2.67. The first-order valence-electron chi connectivity index (χ1n) is 5.57. The Balaban J connectivity index is 2.45. The third-order valence-electron chi connectivity index (χ3n) is 2.67. The molecule has 1 aromatic rings. The Morgan fingerprint density at radius 2 is 2.35 bits per heavy atom. The van der Waals surface area contributed by atoms with Gasteiger partial charge in [-0.25, -0.2) is 4.39 Å². The Morgan fingerprint density at radius 1 is 1.59 bits per heavy atom. The summed E-state index contributed by atoms with van der Waals surface area (Å²) in [5.41, 5.74) is 1.35. The van der Waals surface area contributed by atoms with Gasteiger partial charge in [-0.1, -0.05) is 6.92 Å². The van der Waals surface area contributed by atoms with E-state index in [0.717, 1.165) is 17.2 Å². The van der Waals surface area contributed by atoms with Crippen LogP contribution in [0.15, 0.2) is 17.1 Å². The molecule has 0 bridgehead atoms. The summed E-state index contributed by atoms with van der Waals surface area (Å²) in [4.78, 5) is 4.14. The summed E-state index contributed by atoms with van der Waals surface area (Å²) in [6.07, 6.45) is 0.744. The lowest BCUT2D eigenvalue weighted by Crippen LogP contribution is -2.27. The lowest BCUT2D eigenvalue weighted by Gasteiger charge is -2.36. The number of rotatable bonds is 2. The minimum Gasteiger partial charge on any atom is -0.758 e. The summed E-state index contributed by atoms with van der Waals surface area (Å²) in [7, 11) is 0. The summed E-state index contributed by atoms with van der Waals surface area (Å²) in [6, 6.07) is 2.66. The molecule has 1 heterocycles. The molecule has 1 aliphatic heterocycles. The van der Waals surface area contributed by atoms with Gasteiger partial charge in [0.05, 0.1) is 5.69 Å². The topological polar surface area (TPSA) is 47.9 Å². The monoisotopic (exact) mass is 237 g/mol. The van der Waals surface area contributed by atoms with E-state index in [0.29, 0.717) is 5.69 Å². The first-order valence-corrected chi connectivity index (χ1v) is 5.57. The van der Waals surface area contributed by atoms with E-state index < -0.39 is 5.82 Å². The van der Waals surface area contributed by atoms with Crippen LogP contribution in [0.2, 0.25) is 0 Å². The predicted molar refractivity (Wildman–Crippen MR) is 65.7 cm³/mol. The van der Waals surface area contributed by atoms with Crippen molar-refractivity contribution in [2.75, 3.05) is 18.2 Å². The second-order valence-electron chi connectivity index (χ2n) is 3.92. The fourth-order valence-electron chi connectivity index (χ4n) is 1.57. The second kappa shape index (κ2) is 4.71. The highest BCUT2D eigenvalue weighted by Crippen LogP contribution is 2.36. The Morgan fingerprint density at radius 3 is 3.06 bits per heavy atom.